The van der Waals surface area contributed by atoms with Gasteiger partial charge in [-0.2, -0.15) is 0 Å². The van der Waals surface area contributed by atoms with Gasteiger partial charge in [-0.15, -0.1) is 0 Å². The zero-order valence-corrected chi connectivity index (χ0v) is 15.9. The molecule has 0 bridgehead atoms. The van der Waals surface area contributed by atoms with Crippen molar-refractivity contribution in [3.63, 3.8) is 0 Å². The van der Waals surface area contributed by atoms with E-state index in [0.29, 0.717) is 18.0 Å². The molecule has 1 saturated heterocycles. The number of fused-ring (bicyclic) bond motifs is 1. The minimum Gasteiger partial charge on any atom is -0.482 e. The lowest BCUT2D eigenvalue weighted by Gasteiger charge is -2.31. The van der Waals surface area contributed by atoms with Crippen LogP contribution in [0.3, 0.4) is 0 Å². The Kier molecular flexibility index (Phi) is 5.58. The number of benzene rings is 2. The highest BCUT2D eigenvalue weighted by Gasteiger charge is 2.29. The van der Waals surface area contributed by atoms with Crippen molar-refractivity contribution in [2.75, 3.05) is 44.2 Å². The number of hydrogen-bond acceptors (Lipinski definition) is 4. The zero-order valence-electron chi connectivity index (χ0n) is 15.9. The number of para-hydroxylation sites is 2. The van der Waals surface area contributed by atoms with Gasteiger partial charge in [0.25, 0.3) is 5.91 Å². The highest BCUT2D eigenvalue weighted by atomic mass is 16.5. The number of hydrogen-bond donors (Lipinski definition) is 0. The average Bonchev–Trinajstić information content (AvgIpc) is 2.96. The number of rotatable bonds is 4. The minimum atomic E-state index is -0.174. The summed E-state index contributed by atoms with van der Waals surface area (Å²) >= 11 is 0. The molecule has 2 amide bonds. The molecule has 6 heteroatoms. The van der Waals surface area contributed by atoms with Gasteiger partial charge in [-0.25, -0.2) is 0 Å². The highest BCUT2D eigenvalue weighted by molar-refractivity contribution is 6.02. The second kappa shape index (κ2) is 8.44. The summed E-state index contributed by atoms with van der Waals surface area (Å²) in [6.07, 6.45) is 0.937. The van der Waals surface area contributed by atoms with Crippen LogP contribution in [0.15, 0.2) is 54.6 Å². The molecular weight excluding hydrogens is 354 g/mol. The molecular formula is C22H25N3O3. The van der Waals surface area contributed by atoms with Crippen molar-refractivity contribution in [1.82, 2.24) is 9.80 Å². The van der Waals surface area contributed by atoms with Gasteiger partial charge in [-0.1, -0.05) is 42.5 Å². The molecule has 4 rings (SSSR count). The lowest BCUT2D eigenvalue weighted by molar-refractivity contribution is -0.131. The van der Waals surface area contributed by atoms with Crippen molar-refractivity contribution < 1.29 is 14.3 Å². The molecule has 6 nitrogen and oxygen atoms in total. The molecule has 2 aromatic carbocycles. The summed E-state index contributed by atoms with van der Waals surface area (Å²) in [6, 6.07) is 17.8. The van der Waals surface area contributed by atoms with Crippen molar-refractivity contribution in [1.29, 1.82) is 0 Å². The summed E-state index contributed by atoms with van der Waals surface area (Å²) < 4.78 is 5.46. The Morgan fingerprint density at radius 2 is 1.71 bits per heavy atom. The van der Waals surface area contributed by atoms with E-state index in [2.05, 4.69) is 29.2 Å². The largest absolute Gasteiger partial charge is 0.482 e. The van der Waals surface area contributed by atoms with Gasteiger partial charge in [0, 0.05) is 32.7 Å². The molecule has 0 aromatic heterocycles. The Bertz CT molecular complexity index is 840. The summed E-state index contributed by atoms with van der Waals surface area (Å²) in [4.78, 5) is 31.1. The van der Waals surface area contributed by atoms with E-state index >= 15 is 0 Å². The molecule has 0 radical (unpaired) electrons. The fourth-order valence-electron chi connectivity index (χ4n) is 3.78. The SMILES string of the molecule is O=C(CN1C(=O)COc2ccccc21)N1CCCN(Cc2ccccc2)CC1. The lowest BCUT2D eigenvalue weighted by atomic mass is 10.2. The van der Waals surface area contributed by atoms with Crippen LogP contribution in [0.4, 0.5) is 5.69 Å². The molecule has 1 fully saturated rings. The Labute approximate surface area is 165 Å². The van der Waals surface area contributed by atoms with E-state index in [9.17, 15) is 9.59 Å². The molecule has 2 aliphatic rings. The first kappa shape index (κ1) is 18.5. The van der Waals surface area contributed by atoms with E-state index in [1.807, 2.05) is 35.2 Å². The third-order valence-electron chi connectivity index (χ3n) is 5.29. The quantitative estimate of drug-likeness (QED) is 0.817. The van der Waals surface area contributed by atoms with Crippen molar-refractivity contribution in [2.45, 2.75) is 13.0 Å². The van der Waals surface area contributed by atoms with Gasteiger partial charge < -0.3 is 9.64 Å². The molecule has 2 aliphatic heterocycles. The van der Waals surface area contributed by atoms with Gasteiger partial charge in [-0.3, -0.25) is 19.4 Å². The summed E-state index contributed by atoms with van der Waals surface area (Å²) in [7, 11) is 0. The molecule has 0 N–H and O–H groups in total. The number of carbonyl (C=O) groups excluding carboxylic acids is 2. The average molecular weight is 379 g/mol. The van der Waals surface area contributed by atoms with E-state index < -0.39 is 0 Å². The van der Waals surface area contributed by atoms with Crippen LogP contribution in [0.1, 0.15) is 12.0 Å². The first-order chi connectivity index (χ1) is 13.7. The molecule has 146 valence electrons. The zero-order chi connectivity index (χ0) is 19.3. The van der Waals surface area contributed by atoms with Crippen LogP contribution < -0.4 is 9.64 Å². The lowest BCUT2D eigenvalue weighted by Crippen LogP contribution is -2.47. The molecule has 0 saturated carbocycles. The van der Waals surface area contributed by atoms with Crippen LogP contribution in [0.5, 0.6) is 5.75 Å². The van der Waals surface area contributed by atoms with Gasteiger partial charge >= 0.3 is 0 Å². The third-order valence-corrected chi connectivity index (χ3v) is 5.29. The van der Waals surface area contributed by atoms with Crippen LogP contribution in [0.25, 0.3) is 0 Å². The summed E-state index contributed by atoms with van der Waals surface area (Å²) in [5.41, 5.74) is 1.96. The fourth-order valence-corrected chi connectivity index (χ4v) is 3.78. The second-order valence-electron chi connectivity index (χ2n) is 7.23. The molecule has 0 aliphatic carbocycles. The maximum atomic E-state index is 12.9. The van der Waals surface area contributed by atoms with Gasteiger partial charge in [0.15, 0.2) is 6.61 Å². The summed E-state index contributed by atoms with van der Waals surface area (Å²) in [6.45, 7) is 4.17. The van der Waals surface area contributed by atoms with Crippen molar-refractivity contribution in [2.24, 2.45) is 0 Å². The highest BCUT2D eigenvalue weighted by Crippen LogP contribution is 2.31. The second-order valence-corrected chi connectivity index (χ2v) is 7.23. The molecule has 28 heavy (non-hydrogen) atoms. The van der Waals surface area contributed by atoms with E-state index in [1.165, 1.54) is 5.56 Å². The first-order valence-corrected chi connectivity index (χ1v) is 9.77. The minimum absolute atomic E-state index is 0.00776. The Hall–Kier alpha value is -2.86. The Morgan fingerprint density at radius 3 is 2.57 bits per heavy atom. The molecule has 0 spiro atoms. The van der Waals surface area contributed by atoms with Crippen LogP contribution >= 0.6 is 0 Å². The predicted octanol–water partition coefficient (Wildman–Crippen LogP) is 2.15. The van der Waals surface area contributed by atoms with Gasteiger partial charge in [0.2, 0.25) is 5.91 Å². The van der Waals surface area contributed by atoms with Crippen molar-refractivity contribution in [3.05, 3.63) is 60.2 Å². The van der Waals surface area contributed by atoms with E-state index in [0.717, 1.165) is 32.6 Å². The normalized spacial score (nSPS) is 17.6. The smallest absolute Gasteiger partial charge is 0.265 e. The van der Waals surface area contributed by atoms with Gasteiger partial charge in [0.05, 0.1) is 5.69 Å². The number of anilines is 1. The van der Waals surface area contributed by atoms with E-state index in [-0.39, 0.29) is 25.0 Å². The van der Waals surface area contributed by atoms with Crippen molar-refractivity contribution >= 4 is 17.5 Å². The van der Waals surface area contributed by atoms with Crippen LogP contribution in [-0.4, -0.2) is 60.9 Å². The summed E-state index contributed by atoms with van der Waals surface area (Å²) in [5.74, 6) is 0.471. The maximum absolute atomic E-state index is 12.9. The van der Waals surface area contributed by atoms with Crippen LogP contribution in [0.2, 0.25) is 0 Å². The molecule has 0 atom stereocenters. The molecule has 2 aromatic rings. The monoisotopic (exact) mass is 379 g/mol. The first-order valence-electron chi connectivity index (χ1n) is 9.77. The van der Waals surface area contributed by atoms with Crippen molar-refractivity contribution in [3.8, 4) is 5.75 Å². The number of carbonyl (C=O) groups is 2. The summed E-state index contributed by atoms with van der Waals surface area (Å²) in [5, 5.41) is 0. The van der Waals surface area contributed by atoms with Gasteiger partial charge in [0.1, 0.15) is 12.3 Å². The Morgan fingerprint density at radius 1 is 0.929 bits per heavy atom. The predicted molar refractivity (Wildman–Crippen MR) is 107 cm³/mol. The fraction of sp³-hybridized carbons (Fsp3) is 0.364. The van der Waals surface area contributed by atoms with E-state index in [1.54, 1.807) is 4.90 Å². The van der Waals surface area contributed by atoms with Crippen LogP contribution in [-0.2, 0) is 16.1 Å². The van der Waals surface area contributed by atoms with Crippen LogP contribution in [0, 0.1) is 0 Å². The van der Waals surface area contributed by atoms with E-state index in [4.69, 9.17) is 4.74 Å². The number of nitrogens with zero attached hydrogens (tertiary/aromatic N) is 3. The number of ether oxygens (including phenoxy) is 1. The molecule has 2 heterocycles. The third kappa shape index (κ3) is 4.17. The van der Waals surface area contributed by atoms with Gasteiger partial charge in [-0.05, 0) is 24.1 Å². The topological polar surface area (TPSA) is 53.1 Å². The maximum Gasteiger partial charge on any atom is 0.265 e. The molecule has 0 unspecified atom stereocenters. The Balaban J connectivity index is 1.37. The standard InChI is InChI=1S/C22H25N3O3/c26-21(16-25-19-9-4-5-10-20(19)28-17-22(25)27)24-12-6-11-23(13-14-24)15-18-7-2-1-3-8-18/h1-5,7-10H,6,11-17H2. The number of amides is 2.